The minimum atomic E-state index is -3.68. The Kier molecular flexibility index (Phi) is 7.85. The van der Waals surface area contributed by atoms with E-state index < -0.39 is 16.1 Å². The molecule has 1 aliphatic heterocycles. The number of hydrogen-bond donors (Lipinski definition) is 1. The van der Waals surface area contributed by atoms with Gasteiger partial charge in [-0.1, -0.05) is 61.0 Å². The number of halogens is 1. The van der Waals surface area contributed by atoms with E-state index in [0.717, 1.165) is 17.4 Å². The van der Waals surface area contributed by atoms with Gasteiger partial charge in [0.05, 0.1) is 10.6 Å². The Morgan fingerprint density at radius 3 is 2.50 bits per heavy atom. The standard InChI is InChI=1S/C27H30ClN3O4S/c1-3-16-29-27(33)19(2)30(18-21-9-4-5-12-22(21)28)25(32)15-8-17-31-23-13-6-10-20-11-7-14-24(26(20)23)36(31,34)35/h4-7,9-14,19H,3,8,15-18H2,1-2H3,(H,29,33). The van der Waals surface area contributed by atoms with Gasteiger partial charge in [0.15, 0.2) is 0 Å². The van der Waals surface area contributed by atoms with Gasteiger partial charge in [-0.15, -0.1) is 0 Å². The van der Waals surface area contributed by atoms with Crippen LogP contribution in [-0.2, 0) is 26.2 Å². The Bertz CT molecular complexity index is 1390. The Balaban J connectivity index is 1.50. The molecule has 190 valence electrons. The van der Waals surface area contributed by atoms with Crippen molar-refractivity contribution in [1.82, 2.24) is 10.2 Å². The molecule has 9 heteroatoms. The van der Waals surface area contributed by atoms with Crippen molar-refractivity contribution < 1.29 is 18.0 Å². The maximum absolute atomic E-state index is 13.4. The van der Waals surface area contributed by atoms with Crippen molar-refractivity contribution in [2.45, 2.75) is 50.6 Å². The number of benzene rings is 3. The summed E-state index contributed by atoms with van der Waals surface area (Å²) in [6, 6.07) is 17.3. The van der Waals surface area contributed by atoms with Crippen LogP contribution in [0.2, 0.25) is 5.02 Å². The van der Waals surface area contributed by atoms with Crippen molar-refractivity contribution in [3.63, 3.8) is 0 Å². The minimum absolute atomic E-state index is 0.0915. The molecule has 1 aliphatic rings. The van der Waals surface area contributed by atoms with Crippen molar-refractivity contribution in [3.8, 4) is 0 Å². The van der Waals surface area contributed by atoms with Gasteiger partial charge in [-0.25, -0.2) is 8.42 Å². The molecule has 0 saturated carbocycles. The molecule has 3 aromatic rings. The van der Waals surface area contributed by atoms with Gasteiger partial charge >= 0.3 is 0 Å². The molecule has 0 bridgehead atoms. The zero-order valence-electron chi connectivity index (χ0n) is 20.4. The van der Waals surface area contributed by atoms with E-state index in [1.807, 2.05) is 43.3 Å². The van der Waals surface area contributed by atoms with E-state index in [-0.39, 0.29) is 31.3 Å². The van der Waals surface area contributed by atoms with E-state index in [1.54, 1.807) is 31.2 Å². The highest BCUT2D eigenvalue weighted by Gasteiger charge is 2.35. The Labute approximate surface area is 217 Å². The van der Waals surface area contributed by atoms with Crippen molar-refractivity contribution >= 4 is 49.9 Å². The lowest BCUT2D eigenvalue weighted by Crippen LogP contribution is -2.47. The van der Waals surface area contributed by atoms with Gasteiger partial charge in [-0.2, -0.15) is 0 Å². The van der Waals surface area contributed by atoms with Crippen LogP contribution in [0.5, 0.6) is 0 Å². The van der Waals surface area contributed by atoms with Gasteiger partial charge in [-0.05, 0) is 48.9 Å². The van der Waals surface area contributed by atoms with Crippen LogP contribution >= 0.6 is 11.6 Å². The summed E-state index contributed by atoms with van der Waals surface area (Å²) in [5.74, 6) is -0.470. The zero-order valence-corrected chi connectivity index (χ0v) is 22.0. The third-order valence-electron chi connectivity index (χ3n) is 6.45. The van der Waals surface area contributed by atoms with Crippen molar-refractivity contribution in [1.29, 1.82) is 0 Å². The summed E-state index contributed by atoms with van der Waals surface area (Å²) in [7, 11) is -3.68. The number of amides is 2. The van der Waals surface area contributed by atoms with Gasteiger partial charge < -0.3 is 10.2 Å². The fraction of sp³-hybridized carbons (Fsp3) is 0.333. The van der Waals surface area contributed by atoms with E-state index in [0.29, 0.717) is 34.0 Å². The monoisotopic (exact) mass is 527 g/mol. The summed E-state index contributed by atoms with van der Waals surface area (Å²) in [6.07, 6.45) is 1.19. The highest BCUT2D eigenvalue weighted by molar-refractivity contribution is 7.93. The number of sulfonamides is 1. The minimum Gasteiger partial charge on any atom is -0.354 e. The van der Waals surface area contributed by atoms with Crippen molar-refractivity contribution in [2.75, 3.05) is 17.4 Å². The Morgan fingerprint density at radius 2 is 1.78 bits per heavy atom. The second-order valence-electron chi connectivity index (χ2n) is 8.89. The lowest BCUT2D eigenvalue weighted by molar-refractivity contribution is -0.140. The fourth-order valence-corrected chi connectivity index (χ4v) is 6.45. The summed E-state index contributed by atoms with van der Waals surface area (Å²) in [4.78, 5) is 27.9. The van der Waals surface area contributed by atoms with E-state index in [2.05, 4.69) is 5.32 Å². The smallest absolute Gasteiger partial charge is 0.265 e. The molecule has 0 spiro atoms. The summed E-state index contributed by atoms with van der Waals surface area (Å²) < 4.78 is 27.8. The van der Waals surface area contributed by atoms with E-state index in [1.165, 1.54) is 9.21 Å². The van der Waals surface area contributed by atoms with Gasteiger partial charge in [0.2, 0.25) is 11.8 Å². The molecular formula is C27H30ClN3O4S. The number of carbonyl (C=O) groups excluding carboxylic acids is 2. The van der Waals surface area contributed by atoms with Gasteiger partial charge in [0.25, 0.3) is 10.0 Å². The lowest BCUT2D eigenvalue weighted by Gasteiger charge is -2.29. The summed E-state index contributed by atoms with van der Waals surface area (Å²) in [5, 5.41) is 4.95. The second-order valence-corrected chi connectivity index (χ2v) is 11.1. The molecule has 1 atom stereocenters. The molecule has 36 heavy (non-hydrogen) atoms. The van der Waals surface area contributed by atoms with Crippen LogP contribution in [0.3, 0.4) is 0 Å². The number of hydrogen-bond acceptors (Lipinski definition) is 4. The topological polar surface area (TPSA) is 86.8 Å². The van der Waals surface area contributed by atoms with Crippen LogP contribution in [0.25, 0.3) is 10.8 Å². The van der Waals surface area contributed by atoms with E-state index >= 15 is 0 Å². The maximum atomic E-state index is 13.4. The molecule has 0 aromatic heterocycles. The Morgan fingerprint density at radius 1 is 1.06 bits per heavy atom. The van der Waals surface area contributed by atoms with Crippen molar-refractivity contribution in [2.24, 2.45) is 0 Å². The SMILES string of the molecule is CCCNC(=O)C(C)N(Cc1ccccc1Cl)C(=O)CCCN1c2cccc3cccc(c23)S1(=O)=O. The van der Waals surface area contributed by atoms with Crippen LogP contribution in [-0.4, -0.2) is 44.3 Å². The van der Waals surface area contributed by atoms with Gasteiger partial charge in [-0.3, -0.25) is 13.9 Å². The van der Waals surface area contributed by atoms with Crippen molar-refractivity contribution in [3.05, 3.63) is 71.2 Å². The third-order valence-corrected chi connectivity index (χ3v) is 8.67. The molecule has 1 unspecified atom stereocenters. The molecule has 7 nitrogen and oxygen atoms in total. The first kappa shape index (κ1) is 26.0. The molecular weight excluding hydrogens is 498 g/mol. The number of nitrogens with one attached hydrogen (secondary N) is 1. The number of rotatable bonds is 10. The van der Waals surface area contributed by atoms with Crippen LogP contribution in [0, 0.1) is 0 Å². The lowest BCUT2D eigenvalue weighted by atomic mass is 10.1. The molecule has 0 aliphatic carbocycles. The molecule has 0 fully saturated rings. The fourth-order valence-electron chi connectivity index (χ4n) is 4.51. The quantitative estimate of drug-likeness (QED) is 0.413. The first-order chi connectivity index (χ1) is 17.3. The molecule has 1 heterocycles. The summed E-state index contributed by atoms with van der Waals surface area (Å²) in [5.41, 5.74) is 1.38. The number of anilines is 1. The maximum Gasteiger partial charge on any atom is 0.265 e. The Hall–Kier alpha value is -3.10. The molecule has 1 N–H and O–H groups in total. The highest BCUT2D eigenvalue weighted by Crippen LogP contribution is 2.42. The second kappa shape index (κ2) is 10.9. The molecule has 2 amide bonds. The van der Waals surface area contributed by atoms with E-state index in [9.17, 15) is 18.0 Å². The predicted octanol–water partition coefficient (Wildman–Crippen LogP) is 4.73. The molecule has 0 radical (unpaired) electrons. The zero-order chi connectivity index (χ0) is 25.9. The van der Waals surface area contributed by atoms with Gasteiger partial charge in [0.1, 0.15) is 6.04 Å². The van der Waals surface area contributed by atoms with Gasteiger partial charge in [0, 0.05) is 36.5 Å². The first-order valence-electron chi connectivity index (χ1n) is 12.1. The number of carbonyl (C=O) groups is 2. The van der Waals surface area contributed by atoms with Crippen LogP contribution in [0.1, 0.15) is 38.7 Å². The first-order valence-corrected chi connectivity index (χ1v) is 13.9. The molecule has 0 saturated heterocycles. The number of nitrogens with zero attached hydrogens (tertiary/aromatic N) is 2. The highest BCUT2D eigenvalue weighted by atomic mass is 35.5. The molecule has 4 rings (SSSR count). The average Bonchev–Trinajstić information content (AvgIpc) is 3.09. The predicted molar refractivity (Wildman–Crippen MR) is 142 cm³/mol. The normalized spacial score (nSPS) is 14.6. The average molecular weight is 528 g/mol. The summed E-state index contributed by atoms with van der Waals surface area (Å²) in [6.45, 7) is 4.53. The third kappa shape index (κ3) is 5.06. The van der Waals surface area contributed by atoms with E-state index in [4.69, 9.17) is 11.6 Å². The summed E-state index contributed by atoms with van der Waals surface area (Å²) >= 11 is 6.33. The molecule has 3 aromatic carbocycles. The van der Waals surface area contributed by atoms with Crippen LogP contribution in [0.4, 0.5) is 5.69 Å². The van der Waals surface area contributed by atoms with Crippen LogP contribution in [0.15, 0.2) is 65.6 Å². The van der Waals surface area contributed by atoms with Crippen LogP contribution < -0.4 is 9.62 Å². The largest absolute Gasteiger partial charge is 0.354 e.